The first-order chi connectivity index (χ1) is 16.0. The van der Waals surface area contributed by atoms with Crippen LogP contribution in [0.15, 0.2) is 54.6 Å². The molecule has 2 aliphatic rings. The number of hydrogen-bond acceptors (Lipinski definition) is 5. The van der Waals surface area contributed by atoms with E-state index in [1.807, 2.05) is 42.5 Å². The summed E-state index contributed by atoms with van der Waals surface area (Å²) in [6, 6.07) is 17.4. The second-order valence-electron chi connectivity index (χ2n) is 8.83. The highest BCUT2D eigenvalue weighted by Gasteiger charge is 2.27. The highest BCUT2D eigenvalue weighted by molar-refractivity contribution is 7.93. The molecule has 2 saturated heterocycles. The van der Waals surface area contributed by atoms with E-state index in [9.17, 15) is 13.2 Å². The van der Waals surface area contributed by atoms with Gasteiger partial charge in [0.05, 0.1) is 12.7 Å². The molecular formula is C25H33N3O4S. The summed E-state index contributed by atoms with van der Waals surface area (Å²) in [5.74, 6) is -0.912. The first-order valence-electron chi connectivity index (χ1n) is 11.8. The van der Waals surface area contributed by atoms with Gasteiger partial charge in [-0.2, -0.15) is 0 Å². The van der Waals surface area contributed by atoms with Gasteiger partial charge in [0.2, 0.25) is 15.9 Å². The zero-order chi connectivity index (χ0) is 23.1. The number of sulfonamides is 1. The van der Waals surface area contributed by atoms with Crippen LogP contribution in [0.2, 0.25) is 0 Å². The normalized spacial score (nSPS) is 17.7. The first-order valence-corrected chi connectivity index (χ1v) is 13.4. The Kier molecular flexibility index (Phi) is 7.88. The van der Waals surface area contributed by atoms with Gasteiger partial charge >= 0.3 is 0 Å². The molecule has 0 unspecified atom stereocenters. The fraction of sp³-hybridized carbons (Fsp3) is 0.480. The van der Waals surface area contributed by atoms with Crippen LogP contribution < -0.4 is 9.62 Å². The van der Waals surface area contributed by atoms with Crippen LogP contribution in [0.4, 0.5) is 11.4 Å². The molecule has 2 aromatic carbocycles. The van der Waals surface area contributed by atoms with Crippen LogP contribution in [-0.2, 0) is 26.2 Å². The van der Waals surface area contributed by atoms with Crippen molar-refractivity contribution >= 4 is 27.3 Å². The van der Waals surface area contributed by atoms with Gasteiger partial charge in [-0.05, 0) is 61.9 Å². The lowest BCUT2D eigenvalue weighted by Crippen LogP contribution is -2.44. The minimum absolute atomic E-state index is 0.0856. The Bertz CT molecular complexity index is 998. The maximum atomic E-state index is 12.6. The van der Waals surface area contributed by atoms with E-state index in [-0.39, 0.29) is 12.0 Å². The van der Waals surface area contributed by atoms with Crippen LogP contribution in [0, 0.1) is 0 Å². The maximum absolute atomic E-state index is 12.6. The number of amides is 1. The summed E-state index contributed by atoms with van der Waals surface area (Å²) in [6.45, 7) is 3.64. The van der Waals surface area contributed by atoms with Gasteiger partial charge in [-0.25, -0.2) is 8.42 Å². The van der Waals surface area contributed by atoms with E-state index in [4.69, 9.17) is 4.74 Å². The fourth-order valence-electron chi connectivity index (χ4n) is 4.42. The molecule has 4 rings (SSSR count). The van der Waals surface area contributed by atoms with Gasteiger partial charge in [-0.1, -0.05) is 30.3 Å². The summed E-state index contributed by atoms with van der Waals surface area (Å²) in [4.78, 5) is 16.6. The van der Waals surface area contributed by atoms with Crippen LogP contribution in [0.25, 0.3) is 0 Å². The molecule has 0 spiro atoms. The van der Waals surface area contributed by atoms with Crippen molar-refractivity contribution in [2.75, 3.05) is 41.6 Å². The quantitative estimate of drug-likeness (QED) is 0.636. The molecule has 7 nitrogen and oxygen atoms in total. The molecule has 0 aromatic heterocycles. The monoisotopic (exact) mass is 471 g/mol. The average Bonchev–Trinajstić information content (AvgIpc) is 2.84. The number of rotatable bonds is 8. The lowest BCUT2D eigenvalue weighted by atomic mass is 10.1. The van der Waals surface area contributed by atoms with Crippen molar-refractivity contribution in [3.8, 4) is 0 Å². The lowest BCUT2D eigenvalue weighted by molar-refractivity contribution is -0.131. The van der Waals surface area contributed by atoms with Crippen molar-refractivity contribution in [2.45, 2.75) is 44.8 Å². The van der Waals surface area contributed by atoms with E-state index in [1.54, 1.807) is 17.0 Å². The first kappa shape index (κ1) is 23.6. The molecule has 2 heterocycles. The van der Waals surface area contributed by atoms with E-state index < -0.39 is 15.8 Å². The largest absolute Gasteiger partial charge is 0.373 e. The van der Waals surface area contributed by atoms with E-state index in [0.29, 0.717) is 38.2 Å². The third-order valence-electron chi connectivity index (χ3n) is 6.30. The van der Waals surface area contributed by atoms with Crippen LogP contribution in [-0.4, -0.2) is 57.3 Å². The van der Waals surface area contributed by atoms with Gasteiger partial charge in [-0.15, -0.1) is 0 Å². The summed E-state index contributed by atoms with van der Waals surface area (Å²) in [5, 5.41) is 0. The highest BCUT2D eigenvalue weighted by Crippen LogP contribution is 2.22. The number of hydrogen-bond donors (Lipinski definition) is 1. The van der Waals surface area contributed by atoms with Crippen LogP contribution >= 0.6 is 0 Å². The molecule has 0 atom stereocenters. The Labute approximate surface area is 196 Å². The fourth-order valence-corrected chi connectivity index (χ4v) is 5.50. The molecule has 2 fully saturated rings. The van der Waals surface area contributed by atoms with Gasteiger partial charge in [-0.3, -0.25) is 9.52 Å². The minimum atomic E-state index is -3.77. The number of carbonyl (C=O) groups is 1. The van der Waals surface area contributed by atoms with Crippen molar-refractivity contribution in [3.05, 3.63) is 60.2 Å². The Balaban J connectivity index is 1.22. The lowest BCUT2D eigenvalue weighted by Gasteiger charge is -2.32. The number of ether oxygens (including phenoxy) is 1. The second kappa shape index (κ2) is 11.0. The Hall–Kier alpha value is -2.58. The van der Waals surface area contributed by atoms with Crippen molar-refractivity contribution in [3.63, 3.8) is 0 Å². The number of anilines is 2. The average molecular weight is 472 g/mol. The molecule has 33 heavy (non-hydrogen) atoms. The second-order valence-corrected chi connectivity index (χ2v) is 10.6. The molecule has 0 bridgehead atoms. The molecule has 0 radical (unpaired) electrons. The zero-order valence-electron chi connectivity index (χ0n) is 19.0. The number of benzene rings is 2. The molecule has 1 amide bonds. The summed E-state index contributed by atoms with van der Waals surface area (Å²) in [6.07, 6.45) is 5.15. The Morgan fingerprint density at radius 2 is 1.58 bits per heavy atom. The smallest absolute Gasteiger partial charge is 0.241 e. The Morgan fingerprint density at radius 1 is 0.909 bits per heavy atom. The molecule has 0 saturated carbocycles. The number of piperidine rings is 2. The summed E-state index contributed by atoms with van der Waals surface area (Å²) >= 11 is 0. The molecular weight excluding hydrogens is 438 g/mol. The minimum Gasteiger partial charge on any atom is -0.373 e. The predicted molar refractivity (Wildman–Crippen MR) is 131 cm³/mol. The van der Waals surface area contributed by atoms with Crippen molar-refractivity contribution in [1.82, 2.24) is 4.90 Å². The standard InChI is InChI=1S/C25H33N3O4S/c29-25(28-17-13-24(14-18-28)32-19-21-7-3-1-4-8-21)20-33(30,31)26-22-9-11-23(12-10-22)27-15-5-2-6-16-27/h1,3-4,7-12,24,26H,2,5-6,13-20H2. The van der Waals surface area contributed by atoms with Gasteiger partial charge in [0.1, 0.15) is 5.75 Å². The van der Waals surface area contributed by atoms with Gasteiger partial charge in [0, 0.05) is 37.6 Å². The number of likely N-dealkylation sites (tertiary alicyclic amines) is 1. The van der Waals surface area contributed by atoms with Crippen molar-refractivity contribution in [1.29, 1.82) is 0 Å². The molecule has 8 heteroatoms. The van der Waals surface area contributed by atoms with Crippen LogP contribution in [0.5, 0.6) is 0 Å². The van der Waals surface area contributed by atoms with E-state index in [0.717, 1.165) is 24.3 Å². The number of nitrogens with zero attached hydrogens (tertiary/aromatic N) is 2. The van der Waals surface area contributed by atoms with Crippen LogP contribution in [0.1, 0.15) is 37.7 Å². The van der Waals surface area contributed by atoms with Gasteiger partial charge in [0.15, 0.2) is 0 Å². The maximum Gasteiger partial charge on any atom is 0.241 e. The molecule has 178 valence electrons. The summed E-state index contributed by atoms with van der Waals surface area (Å²) in [7, 11) is -3.77. The predicted octanol–water partition coefficient (Wildman–Crippen LogP) is 3.63. The van der Waals surface area contributed by atoms with E-state index in [2.05, 4.69) is 9.62 Å². The number of nitrogens with one attached hydrogen (secondary N) is 1. The number of carbonyl (C=O) groups excluding carboxylic acids is 1. The molecule has 2 aliphatic heterocycles. The zero-order valence-corrected chi connectivity index (χ0v) is 19.8. The van der Waals surface area contributed by atoms with E-state index in [1.165, 1.54) is 19.3 Å². The third-order valence-corrected chi connectivity index (χ3v) is 7.47. The molecule has 1 N–H and O–H groups in total. The van der Waals surface area contributed by atoms with Crippen LogP contribution in [0.3, 0.4) is 0 Å². The van der Waals surface area contributed by atoms with Gasteiger partial charge in [0.25, 0.3) is 0 Å². The topological polar surface area (TPSA) is 79.0 Å². The highest BCUT2D eigenvalue weighted by atomic mass is 32.2. The SMILES string of the molecule is O=C(CS(=O)(=O)Nc1ccc(N2CCCCC2)cc1)N1CCC(OCc2ccccc2)CC1. The Morgan fingerprint density at radius 3 is 2.24 bits per heavy atom. The van der Waals surface area contributed by atoms with Gasteiger partial charge < -0.3 is 14.5 Å². The van der Waals surface area contributed by atoms with E-state index >= 15 is 0 Å². The molecule has 2 aromatic rings. The third kappa shape index (κ3) is 6.95. The summed E-state index contributed by atoms with van der Waals surface area (Å²) in [5.41, 5.74) is 2.71. The molecule has 0 aliphatic carbocycles. The van der Waals surface area contributed by atoms with Crippen molar-refractivity contribution < 1.29 is 17.9 Å². The summed E-state index contributed by atoms with van der Waals surface area (Å²) < 4.78 is 33.6. The van der Waals surface area contributed by atoms with Crippen molar-refractivity contribution in [2.24, 2.45) is 0 Å².